The van der Waals surface area contributed by atoms with Crippen molar-refractivity contribution in [2.24, 2.45) is 0 Å². The average Bonchev–Trinajstić information content (AvgIpc) is 2.47. The lowest BCUT2D eigenvalue weighted by Crippen LogP contribution is -2.42. The van der Waals surface area contributed by atoms with Gasteiger partial charge in [0.25, 0.3) is 5.79 Å². The summed E-state index contributed by atoms with van der Waals surface area (Å²) in [4.78, 5) is 23.6. The molecule has 0 aromatic carbocycles. The number of hydrogen-bond donors (Lipinski definition) is 1. The first kappa shape index (κ1) is 20.5. The number of unbranched alkanes of at least 4 members (excludes halogenated alkanes) is 9. The number of esters is 2. The second-order valence-electron chi connectivity index (χ2n) is 6.93. The van der Waals surface area contributed by atoms with Crippen LogP contribution in [0.5, 0.6) is 0 Å². The van der Waals surface area contributed by atoms with Gasteiger partial charge in [-0.05, 0) is 6.42 Å². The molecule has 1 N–H and O–H groups in total. The second kappa shape index (κ2) is 10.4. The molecule has 0 aliphatic carbocycles. The molecule has 0 aromatic rings. The van der Waals surface area contributed by atoms with Crippen molar-refractivity contribution >= 4 is 11.9 Å². The highest BCUT2D eigenvalue weighted by Gasteiger charge is 2.40. The molecule has 1 heterocycles. The van der Waals surface area contributed by atoms with Gasteiger partial charge in [0.1, 0.15) is 5.76 Å². The summed E-state index contributed by atoms with van der Waals surface area (Å²) in [7, 11) is 0. The maximum absolute atomic E-state index is 11.8. The fraction of sp³-hybridized carbons (Fsp3) is 0.789. The molecule has 5 nitrogen and oxygen atoms in total. The van der Waals surface area contributed by atoms with Crippen molar-refractivity contribution < 1.29 is 24.2 Å². The molecule has 1 aliphatic rings. The summed E-state index contributed by atoms with van der Waals surface area (Å²) in [6.45, 7) is 5.19. The van der Waals surface area contributed by atoms with Crippen molar-refractivity contribution in [2.45, 2.75) is 97.2 Å². The molecular weight excluding hydrogens is 308 g/mol. The van der Waals surface area contributed by atoms with Crippen LogP contribution in [0.1, 0.15) is 91.4 Å². The van der Waals surface area contributed by atoms with Gasteiger partial charge < -0.3 is 14.6 Å². The van der Waals surface area contributed by atoms with Crippen molar-refractivity contribution in [3.8, 4) is 0 Å². The smallest absolute Gasteiger partial charge is 0.352 e. The first-order valence-electron chi connectivity index (χ1n) is 9.26. The zero-order valence-electron chi connectivity index (χ0n) is 15.4. The van der Waals surface area contributed by atoms with E-state index in [0.29, 0.717) is 6.42 Å². The first-order valence-corrected chi connectivity index (χ1v) is 9.26. The summed E-state index contributed by atoms with van der Waals surface area (Å²) in [5, 5.41) is 9.99. The molecule has 0 bridgehead atoms. The number of cyclic esters (lactones) is 2. The molecule has 138 valence electrons. The van der Waals surface area contributed by atoms with E-state index in [1.165, 1.54) is 58.8 Å². The van der Waals surface area contributed by atoms with E-state index in [4.69, 9.17) is 9.47 Å². The molecule has 1 saturated heterocycles. The Labute approximate surface area is 145 Å². The number of allylic oxidation sites excluding steroid dienone is 1. The van der Waals surface area contributed by atoms with Gasteiger partial charge in [-0.25, -0.2) is 9.59 Å². The van der Waals surface area contributed by atoms with E-state index in [2.05, 4.69) is 6.92 Å². The van der Waals surface area contributed by atoms with Crippen molar-refractivity contribution in [1.82, 2.24) is 0 Å². The summed E-state index contributed by atoms with van der Waals surface area (Å²) in [6, 6.07) is 0. The molecule has 1 aliphatic heterocycles. The van der Waals surface area contributed by atoms with Crippen LogP contribution >= 0.6 is 0 Å². The molecule has 0 unspecified atom stereocenters. The molecule has 0 amide bonds. The van der Waals surface area contributed by atoms with E-state index in [1.54, 1.807) is 0 Å². The summed E-state index contributed by atoms with van der Waals surface area (Å²) in [6.07, 6.45) is 12.1. The summed E-state index contributed by atoms with van der Waals surface area (Å²) < 4.78 is 9.96. The Morgan fingerprint density at radius 1 is 0.833 bits per heavy atom. The highest BCUT2D eigenvalue weighted by Crippen LogP contribution is 2.25. The predicted molar refractivity (Wildman–Crippen MR) is 92.4 cm³/mol. The Kier molecular flexibility index (Phi) is 8.87. The van der Waals surface area contributed by atoms with Crippen molar-refractivity contribution in [1.29, 1.82) is 0 Å². The van der Waals surface area contributed by atoms with Gasteiger partial charge >= 0.3 is 11.9 Å². The van der Waals surface area contributed by atoms with Gasteiger partial charge in [-0.1, -0.05) is 64.7 Å². The maximum Gasteiger partial charge on any atom is 0.352 e. The average molecular weight is 340 g/mol. The van der Waals surface area contributed by atoms with Crippen LogP contribution < -0.4 is 0 Å². The zero-order chi connectivity index (χ0) is 18.0. The van der Waals surface area contributed by atoms with Crippen LogP contribution in [0, 0.1) is 0 Å². The fourth-order valence-corrected chi connectivity index (χ4v) is 2.79. The lowest BCUT2D eigenvalue weighted by molar-refractivity contribution is -0.222. The summed E-state index contributed by atoms with van der Waals surface area (Å²) in [5.41, 5.74) is -0.356. The van der Waals surface area contributed by atoms with Crippen molar-refractivity contribution in [2.75, 3.05) is 0 Å². The van der Waals surface area contributed by atoms with Gasteiger partial charge in [0.2, 0.25) is 0 Å². The Bertz CT molecular complexity index is 429. The molecule has 5 heteroatoms. The third kappa shape index (κ3) is 7.37. The van der Waals surface area contributed by atoms with Crippen LogP contribution in [0.25, 0.3) is 0 Å². The Morgan fingerprint density at radius 3 is 1.71 bits per heavy atom. The van der Waals surface area contributed by atoms with Crippen LogP contribution in [0.4, 0.5) is 0 Å². The number of aliphatic hydroxyl groups excluding tert-OH is 1. The minimum absolute atomic E-state index is 0.222. The zero-order valence-corrected chi connectivity index (χ0v) is 15.4. The van der Waals surface area contributed by atoms with E-state index in [9.17, 15) is 14.7 Å². The normalized spacial score (nSPS) is 16.7. The third-order valence-electron chi connectivity index (χ3n) is 4.14. The molecule has 0 saturated carbocycles. The van der Waals surface area contributed by atoms with Gasteiger partial charge in [0.15, 0.2) is 5.57 Å². The first-order chi connectivity index (χ1) is 11.4. The summed E-state index contributed by atoms with van der Waals surface area (Å²) in [5.74, 6) is -3.10. The second-order valence-corrected chi connectivity index (χ2v) is 6.93. The predicted octanol–water partition coefficient (Wildman–Crippen LogP) is 4.95. The van der Waals surface area contributed by atoms with E-state index in [0.717, 1.165) is 19.3 Å². The van der Waals surface area contributed by atoms with Crippen LogP contribution in [0.3, 0.4) is 0 Å². The van der Waals surface area contributed by atoms with Crippen LogP contribution in [0.2, 0.25) is 0 Å². The quantitative estimate of drug-likeness (QED) is 0.189. The minimum atomic E-state index is -1.27. The monoisotopic (exact) mass is 340 g/mol. The number of carbonyl (C=O) groups excluding carboxylic acids is 2. The lowest BCUT2D eigenvalue weighted by atomic mass is 10.0. The van der Waals surface area contributed by atoms with E-state index in [-0.39, 0.29) is 11.3 Å². The third-order valence-corrected chi connectivity index (χ3v) is 4.14. The molecule has 1 rings (SSSR count). The van der Waals surface area contributed by atoms with Crippen LogP contribution in [0.15, 0.2) is 11.3 Å². The largest absolute Gasteiger partial charge is 0.511 e. The molecule has 0 aromatic heterocycles. The van der Waals surface area contributed by atoms with Gasteiger partial charge in [-0.15, -0.1) is 0 Å². The van der Waals surface area contributed by atoms with Gasteiger partial charge in [-0.2, -0.15) is 0 Å². The number of aliphatic hydroxyl groups is 1. The SMILES string of the molecule is CCCCCCCCCCCCC(O)=C1C(=O)OC(C)(C)OC1=O. The molecule has 24 heavy (non-hydrogen) atoms. The van der Waals surface area contributed by atoms with Gasteiger partial charge in [0.05, 0.1) is 0 Å². The highest BCUT2D eigenvalue weighted by molar-refractivity contribution is 6.15. The topological polar surface area (TPSA) is 72.8 Å². The molecule has 0 radical (unpaired) electrons. The Balaban J connectivity index is 2.20. The van der Waals surface area contributed by atoms with E-state index in [1.807, 2.05) is 0 Å². The number of hydrogen-bond acceptors (Lipinski definition) is 5. The van der Waals surface area contributed by atoms with Gasteiger partial charge in [0, 0.05) is 20.3 Å². The minimum Gasteiger partial charge on any atom is -0.511 e. The Morgan fingerprint density at radius 2 is 1.25 bits per heavy atom. The number of ether oxygens (including phenoxy) is 2. The molecule has 1 fully saturated rings. The van der Waals surface area contributed by atoms with E-state index >= 15 is 0 Å². The van der Waals surface area contributed by atoms with Crippen LogP contribution in [-0.2, 0) is 19.1 Å². The van der Waals surface area contributed by atoms with E-state index < -0.39 is 17.7 Å². The van der Waals surface area contributed by atoms with Crippen molar-refractivity contribution in [3.63, 3.8) is 0 Å². The molecule has 0 atom stereocenters. The lowest BCUT2D eigenvalue weighted by Gasteiger charge is -2.30. The standard InChI is InChI=1S/C19H32O5/c1-4-5-6-7-8-9-10-11-12-13-14-15(20)16-17(21)23-19(2,3)24-18(16)22/h20H,4-14H2,1-3H3. The fourth-order valence-electron chi connectivity index (χ4n) is 2.79. The molecular formula is C19H32O5. The number of carbonyl (C=O) groups is 2. The molecule has 0 spiro atoms. The maximum atomic E-state index is 11.8. The number of rotatable bonds is 11. The Hall–Kier alpha value is -1.52. The van der Waals surface area contributed by atoms with Crippen LogP contribution in [-0.4, -0.2) is 22.8 Å². The van der Waals surface area contributed by atoms with Gasteiger partial charge in [-0.3, -0.25) is 0 Å². The van der Waals surface area contributed by atoms with Crippen molar-refractivity contribution in [3.05, 3.63) is 11.3 Å². The summed E-state index contributed by atoms with van der Waals surface area (Å²) >= 11 is 0. The highest BCUT2D eigenvalue weighted by atomic mass is 16.7.